The molecule has 1 saturated heterocycles. The summed E-state index contributed by atoms with van der Waals surface area (Å²) in [6.07, 6.45) is 7.22. The van der Waals surface area contributed by atoms with Crippen LogP contribution in [0, 0.1) is 5.92 Å². The van der Waals surface area contributed by atoms with E-state index < -0.39 is 0 Å². The average molecular weight is 393 g/mol. The molecule has 5 nitrogen and oxygen atoms in total. The topological polar surface area (TPSA) is 48.5 Å². The molecule has 0 radical (unpaired) electrons. The number of hydrogen-bond acceptors (Lipinski definition) is 4. The van der Waals surface area contributed by atoms with Gasteiger partial charge in [-0.3, -0.25) is 9.69 Å². The van der Waals surface area contributed by atoms with Gasteiger partial charge in [0.1, 0.15) is 5.69 Å². The first kappa shape index (κ1) is 21.1. The summed E-state index contributed by atoms with van der Waals surface area (Å²) in [5, 5.41) is 3.36. The Morgan fingerprint density at radius 2 is 1.86 bits per heavy atom. The Labute approximate surface area is 174 Å². The third-order valence-electron chi connectivity index (χ3n) is 5.17. The fourth-order valence-electron chi connectivity index (χ4n) is 3.33. The highest BCUT2D eigenvalue weighted by Gasteiger charge is 2.22. The number of pyridine rings is 1. The maximum Gasteiger partial charge on any atom is 0.272 e. The van der Waals surface area contributed by atoms with Crippen molar-refractivity contribution in [2.45, 2.75) is 20.3 Å². The van der Waals surface area contributed by atoms with Crippen molar-refractivity contribution in [3.63, 3.8) is 0 Å². The van der Waals surface area contributed by atoms with Crippen LogP contribution >= 0.6 is 0 Å². The smallest absolute Gasteiger partial charge is 0.272 e. The molecule has 1 aromatic heterocycles. The Morgan fingerprint density at radius 3 is 2.52 bits per heavy atom. The van der Waals surface area contributed by atoms with Gasteiger partial charge in [0.15, 0.2) is 0 Å². The van der Waals surface area contributed by atoms with E-state index in [9.17, 15) is 4.79 Å². The number of nitrogens with one attached hydrogen (secondary N) is 1. The van der Waals surface area contributed by atoms with Crippen LogP contribution in [0.2, 0.25) is 0 Å². The van der Waals surface area contributed by atoms with E-state index in [0.717, 1.165) is 51.4 Å². The molecule has 1 amide bonds. The summed E-state index contributed by atoms with van der Waals surface area (Å²) < 4.78 is 0. The summed E-state index contributed by atoms with van der Waals surface area (Å²) in [6.45, 7) is 9.52. The summed E-state index contributed by atoms with van der Waals surface area (Å²) >= 11 is 0. The van der Waals surface area contributed by atoms with E-state index in [2.05, 4.69) is 53.3 Å². The first-order chi connectivity index (χ1) is 14.1. The quantitative estimate of drug-likeness (QED) is 0.737. The van der Waals surface area contributed by atoms with E-state index in [1.165, 1.54) is 5.56 Å². The molecule has 0 unspecified atom stereocenters. The normalized spacial score (nSPS) is 15.2. The molecule has 5 heteroatoms. The van der Waals surface area contributed by atoms with Gasteiger partial charge < -0.3 is 10.2 Å². The molecule has 2 aromatic rings. The van der Waals surface area contributed by atoms with Crippen molar-refractivity contribution in [3.05, 3.63) is 66.0 Å². The van der Waals surface area contributed by atoms with Gasteiger partial charge in [-0.1, -0.05) is 56.3 Å². The van der Waals surface area contributed by atoms with E-state index in [-0.39, 0.29) is 5.91 Å². The Balaban J connectivity index is 1.43. The van der Waals surface area contributed by atoms with Crippen LogP contribution in [0.3, 0.4) is 0 Å². The van der Waals surface area contributed by atoms with Crippen LogP contribution in [-0.2, 0) is 0 Å². The molecule has 2 heterocycles. The second-order valence-corrected chi connectivity index (χ2v) is 7.95. The lowest BCUT2D eigenvalue weighted by Crippen LogP contribution is -2.48. The molecule has 3 rings (SSSR count). The Hall–Kier alpha value is -2.66. The minimum atomic E-state index is 0.0261. The van der Waals surface area contributed by atoms with Gasteiger partial charge >= 0.3 is 0 Å². The van der Waals surface area contributed by atoms with Gasteiger partial charge in [-0.25, -0.2) is 4.98 Å². The molecule has 1 aliphatic heterocycles. The van der Waals surface area contributed by atoms with Crippen molar-refractivity contribution in [1.82, 2.24) is 14.8 Å². The summed E-state index contributed by atoms with van der Waals surface area (Å²) in [6, 6.07) is 14.1. The predicted molar refractivity (Wildman–Crippen MR) is 120 cm³/mol. The van der Waals surface area contributed by atoms with E-state index in [1.54, 1.807) is 6.20 Å². The minimum Gasteiger partial charge on any atom is -0.384 e. The van der Waals surface area contributed by atoms with Gasteiger partial charge in [0.25, 0.3) is 5.91 Å². The monoisotopic (exact) mass is 392 g/mol. The van der Waals surface area contributed by atoms with Crippen LogP contribution in [0.1, 0.15) is 36.3 Å². The Kier molecular flexibility index (Phi) is 7.82. The molecule has 0 bridgehead atoms. The SMILES string of the molecule is CC(C)CCNc1ccc(C(=O)N2CCN(C/C=C/c3ccccc3)CC2)nc1. The fraction of sp³-hybridized carbons (Fsp3) is 0.417. The third-order valence-corrected chi connectivity index (χ3v) is 5.17. The molecular weight excluding hydrogens is 360 g/mol. The lowest BCUT2D eigenvalue weighted by Gasteiger charge is -2.34. The van der Waals surface area contributed by atoms with E-state index in [4.69, 9.17) is 0 Å². The number of aromatic nitrogens is 1. The number of carbonyl (C=O) groups is 1. The van der Waals surface area contributed by atoms with Crippen molar-refractivity contribution in [1.29, 1.82) is 0 Å². The maximum absolute atomic E-state index is 12.7. The summed E-state index contributed by atoms with van der Waals surface area (Å²) in [5.74, 6) is 0.696. The number of hydrogen-bond donors (Lipinski definition) is 1. The zero-order valence-electron chi connectivity index (χ0n) is 17.6. The van der Waals surface area contributed by atoms with Crippen LogP contribution in [0.25, 0.3) is 6.08 Å². The average Bonchev–Trinajstić information content (AvgIpc) is 2.75. The van der Waals surface area contributed by atoms with Gasteiger partial charge in [0.2, 0.25) is 0 Å². The molecule has 0 atom stereocenters. The van der Waals surface area contributed by atoms with E-state index in [1.807, 2.05) is 35.2 Å². The number of rotatable bonds is 8. The highest BCUT2D eigenvalue weighted by atomic mass is 16.2. The number of piperazine rings is 1. The number of amides is 1. The number of benzene rings is 1. The minimum absolute atomic E-state index is 0.0261. The predicted octanol–water partition coefficient (Wildman–Crippen LogP) is 4.01. The van der Waals surface area contributed by atoms with Gasteiger partial charge in [-0.15, -0.1) is 0 Å². The van der Waals surface area contributed by atoms with Gasteiger partial charge in [0, 0.05) is 39.3 Å². The molecule has 1 fully saturated rings. The van der Waals surface area contributed by atoms with Crippen molar-refractivity contribution < 1.29 is 4.79 Å². The molecule has 0 saturated carbocycles. The standard InChI is InChI=1S/C24H32N4O/c1-20(2)12-13-25-22-10-11-23(26-19-22)24(29)28-17-15-27(16-18-28)14-6-9-21-7-4-3-5-8-21/h3-11,19-20,25H,12-18H2,1-2H3/b9-6+. The van der Waals surface area contributed by atoms with Crippen molar-refractivity contribution >= 4 is 17.7 Å². The van der Waals surface area contributed by atoms with Gasteiger partial charge in [-0.2, -0.15) is 0 Å². The molecule has 1 aromatic carbocycles. The van der Waals surface area contributed by atoms with Crippen molar-refractivity contribution in [2.75, 3.05) is 44.6 Å². The molecule has 0 aliphatic carbocycles. The Bertz CT molecular complexity index is 778. The first-order valence-corrected chi connectivity index (χ1v) is 10.5. The van der Waals surface area contributed by atoms with E-state index in [0.29, 0.717) is 11.6 Å². The van der Waals surface area contributed by atoms with Gasteiger partial charge in [-0.05, 0) is 30.0 Å². The van der Waals surface area contributed by atoms with Crippen molar-refractivity contribution in [3.8, 4) is 0 Å². The zero-order valence-corrected chi connectivity index (χ0v) is 17.6. The lowest BCUT2D eigenvalue weighted by atomic mass is 10.1. The highest BCUT2D eigenvalue weighted by Crippen LogP contribution is 2.11. The fourth-order valence-corrected chi connectivity index (χ4v) is 3.33. The van der Waals surface area contributed by atoms with Crippen LogP contribution in [0.15, 0.2) is 54.7 Å². The molecule has 1 N–H and O–H groups in total. The van der Waals surface area contributed by atoms with Crippen molar-refractivity contribution in [2.24, 2.45) is 5.92 Å². The molecule has 29 heavy (non-hydrogen) atoms. The molecule has 154 valence electrons. The Morgan fingerprint density at radius 1 is 1.10 bits per heavy atom. The van der Waals surface area contributed by atoms with Crippen LogP contribution in [0.5, 0.6) is 0 Å². The van der Waals surface area contributed by atoms with Crippen LogP contribution in [-0.4, -0.2) is 60.0 Å². The number of anilines is 1. The van der Waals surface area contributed by atoms with E-state index >= 15 is 0 Å². The van der Waals surface area contributed by atoms with Crippen LogP contribution < -0.4 is 5.32 Å². The maximum atomic E-state index is 12.7. The second kappa shape index (κ2) is 10.8. The highest BCUT2D eigenvalue weighted by molar-refractivity contribution is 5.92. The summed E-state index contributed by atoms with van der Waals surface area (Å²) in [4.78, 5) is 21.4. The van der Waals surface area contributed by atoms with Gasteiger partial charge in [0.05, 0.1) is 11.9 Å². The second-order valence-electron chi connectivity index (χ2n) is 7.95. The largest absolute Gasteiger partial charge is 0.384 e. The summed E-state index contributed by atoms with van der Waals surface area (Å²) in [7, 11) is 0. The molecule has 1 aliphatic rings. The lowest BCUT2D eigenvalue weighted by molar-refractivity contribution is 0.0644. The zero-order chi connectivity index (χ0) is 20.5. The first-order valence-electron chi connectivity index (χ1n) is 10.5. The van der Waals surface area contributed by atoms with Crippen LogP contribution in [0.4, 0.5) is 5.69 Å². The molecular formula is C24H32N4O. The molecule has 0 spiro atoms. The number of carbonyl (C=O) groups excluding carboxylic acids is 1. The third kappa shape index (κ3) is 6.71. The number of nitrogens with zero attached hydrogens (tertiary/aromatic N) is 3. The summed E-state index contributed by atoms with van der Waals surface area (Å²) in [5.41, 5.74) is 2.71.